The Labute approximate surface area is 223 Å². The van der Waals surface area contributed by atoms with Crippen LogP contribution in [0.2, 0.25) is 0 Å². The summed E-state index contributed by atoms with van der Waals surface area (Å²) in [5.74, 6) is 2.47. The van der Waals surface area contributed by atoms with E-state index in [0.29, 0.717) is 12.5 Å². The molecular formula is C31H34N4O3. The molecule has 1 aromatic heterocycles. The summed E-state index contributed by atoms with van der Waals surface area (Å²) >= 11 is 0. The first-order valence-corrected chi connectivity index (χ1v) is 14.0. The minimum atomic E-state index is 0.0595. The van der Waals surface area contributed by atoms with Crippen LogP contribution >= 0.6 is 0 Å². The fraction of sp³-hybridized carbons (Fsp3) is 0.419. The predicted molar refractivity (Wildman–Crippen MR) is 145 cm³/mol. The van der Waals surface area contributed by atoms with Crippen molar-refractivity contribution in [3.05, 3.63) is 88.4 Å². The number of piperidine rings is 1. The molecule has 196 valence electrons. The highest BCUT2D eigenvalue weighted by Gasteiger charge is 2.34. The summed E-state index contributed by atoms with van der Waals surface area (Å²) in [4.78, 5) is 20.2. The fourth-order valence-electron chi connectivity index (χ4n) is 6.74. The molecule has 7 heteroatoms. The molecule has 1 fully saturated rings. The van der Waals surface area contributed by atoms with Crippen molar-refractivity contribution in [1.82, 2.24) is 19.9 Å². The maximum atomic E-state index is 13.8. The number of likely N-dealkylation sites (tertiary alicyclic amines) is 1. The maximum absolute atomic E-state index is 13.8. The molecule has 1 saturated heterocycles. The molecule has 1 unspecified atom stereocenters. The molecule has 0 aliphatic carbocycles. The maximum Gasteiger partial charge on any atom is 0.324 e. The van der Waals surface area contributed by atoms with E-state index in [0.717, 1.165) is 82.0 Å². The number of hydrogen-bond acceptors (Lipinski definition) is 5. The minimum absolute atomic E-state index is 0.0595. The second kappa shape index (κ2) is 9.95. The smallest absolute Gasteiger partial charge is 0.324 e. The van der Waals surface area contributed by atoms with E-state index in [1.807, 2.05) is 12.3 Å². The van der Waals surface area contributed by atoms with E-state index in [1.54, 1.807) is 11.1 Å². The van der Waals surface area contributed by atoms with Crippen molar-refractivity contribution < 1.29 is 14.1 Å². The van der Waals surface area contributed by atoms with Crippen LogP contribution in [-0.4, -0.2) is 58.7 Å². The van der Waals surface area contributed by atoms with Gasteiger partial charge in [0.15, 0.2) is 5.76 Å². The Morgan fingerprint density at radius 3 is 2.71 bits per heavy atom. The Kier molecular flexibility index (Phi) is 6.16. The number of para-hydroxylation sites is 1. The van der Waals surface area contributed by atoms with Crippen molar-refractivity contribution in [3.8, 4) is 5.75 Å². The van der Waals surface area contributed by atoms with Gasteiger partial charge in [-0.25, -0.2) is 4.79 Å². The first-order valence-electron chi connectivity index (χ1n) is 14.0. The summed E-state index contributed by atoms with van der Waals surface area (Å²) in [7, 11) is 0. The normalized spacial score (nSPS) is 21.1. The minimum Gasteiger partial charge on any atom is -0.493 e. The van der Waals surface area contributed by atoms with Gasteiger partial charge < -0.3 is 19.1 Å². The zero-order valence-electron chi connectivity index (χ0n) is 21.7. The number of urea groups is 1. The summed E-state index contributed by atoms with van der Waals surface area (Å²) in [5, 5.41) is 3.89. The van der Waals surface area contributed by atoms with Crippen molar-refractivity contribution >= 4 is 12.1 Å². The summed E-state index contributed by atoms with van der Waals surface area (Å²) in [6.45, 7) is 5.21. The molecule has 7 rings (SSSR count). The van der Waals surface area contributed by atoms with Crippen LogP contribution in [0.3, 0.4) is 0 Å². The summed E-state index contributed by atoms with van der Waals surface area (Å²) in [6, 6.07) is 15.5. The van der Waals surface area contributed by atoms with E-state index in [9.17, 15) is 4.79 Å². The van der Waals surface area contributed by atoms with Crippen LogP contribution in [0.4, 0.5) is 4.79 Å². The lowest BCUT2D eigenvalue weighted by Gasteiger charge is -2.41. The highest BCUT2D eigenvalue weighted by Crippen LogP contribution is 2.39. The number of ether oxygens (including phenoxy) is 1. The lowest BCUT2D eigenvalue weighted by atomic mass is 9.87. The van der Waals surface area contributed by atoms with Crippen LogP contribution in [0.25, 0.3) is 6.08 Å². The molecule has 4 aliphatic rings. The van der Waals surface area contributed by atoms with Crippen LogP contribution < -0.4 is 4.74 Å². The number of amides is 2. The highest BCUT2D eigenvalue weighted by atomic mass is 16.5. The quantitative estimate of drug-likeness (QED) is 0.471. The van der Waals surface area contributed by atoms with Crippen LogP contribution in [-0.2, 0) is 19.4 Å². The molecule has 3 aromatic rings. The monoisotopic (exact) mass is 510 g/mol. The van der Waals surface area contributed by atoms with Gasteiger partial charge in [-0.3, -0.25) is 4.90 Å². The third-order valence-corrected chi connectivity index (χ3v) is 8.82. The summed E-state index contributed by atoms with van der Waals surface area (Å²) in [6.07, 6.45) is 10.6. The molecule has 0 radical (unpaired) electrons. The number of rotatable bonds is 4. The molecule has 2 aromatic carbocycles. The van der Waals surface area contributed by atoms with Gasteiger partial charge in [0.25, 0.3) is 0 Å². The molecule has 0 saturated carbocycles. The van der Waals surface area contributed by atoms with Gasteiger partial charge in [-0.05, 0) is 66.9 Å². The van der Waals surface area contributed by atoms with E-state index in [4.69, 9.17) is 9.26 Å². The highest BCUT2D eigenvalue weighted by molar-refractivity contribution is 5.78. The van der Waals surface area contributed by atoms with Gasteiger partial charge in [0.05, 0.1) is 25.4 Å². The second-order valence-electron chi connectivity index (χ2n) is 10.9. The number of fused-ring (bicyclic) bond motifs is 3. The Balaban J connectivity index is 1.03. The van der Waals surface area contributed by atoms with E-state index < -0.39 is 0 Å². The molecule has 0 spiro atoms. The predicted octanol–water partition coefficient (Wildman–Crippen LogP) is 5.38. The van der Waals surface area contributed by atoms with Crippen LogP contribution in [0.1, 0.15) is 64.8 Å². The fourth-order valence-corrected chi connectivity index (χ4v) is 6.74. The van der Waals surface area contributed by atoms with Gasteiger partial charge in [-0.2, -0.15) is 0 Å². The number of carbonyl (C=O) groups is 1. The van der Waals surface area contributed by atoms with E-state index in [2.05, 4.69) is 57.4 Å². The third kappa shape index (κ3) is 4.29. The lowest BCUT2D eigenvalue weighted by Crippen LogP contribution is -2.47. The molecule has 0 N–H and O–H groups in total. The van der Waals surface area contributed by atoms with Gasteiger partial charge in [-0.1, -0.05) is 47.6 Å². The molecule has 0 bridgehead atoms. The standard InChI is InChI=1S/C31H34N4O3/c36-31(34-17-12-29-25(21-34)20-32-38-29)35-18-10-22-4-1-2-6-26(22)28(35)11-16-33-14-8-23(9-15-33)27-7-3-5-24-13-19-37-30(24)27/h1-7,12,17,20,23,28H,8-11,13-16,18-19,21H2. The molecule has 7 nitrogen and oxygen atoms in total. The van der Waals surface area contributed by atoms with Crippen molar-refractivity contribution in [2.75, 3.05) is 32.8 Å². The van der Waals surface area contributed by atoms with Crippen LogP contribution in [0, 0.1) is 0 Å². The SMILES string of the molecule is O=C(N1C=Cc2oncc2C1)N1CCc2ccccc2C1CCN1CCC(c2cccc3c2OCC3)CC1. The number of benzene rings is 2. The van der Waals surface area contributed by atoms with Gasteiger partial charge in [0.1, 0.15) is 5.75 Å². The van der Waals surface area contributed by atoms with Crippen LogP contribution in [0.5, 0.6) is 5.75 Å². The van der Waals surface area contributed by atoms with Crippen molar-refractivity contribution in [3.63, 3.8) is 0 Å². The number of nitrogens with zero attached hydrogens (tertiary/aromatic N) is 4. The first-order chi connectivity index (χ1) is 18.7. The lowest BCUT2D eigenvalue weighted by molar-refractivity contribution is 0.126. The average Bonchev–Trinajstić information content (AvgIpc) is 3.65. The molecule has 38 heavy (non-hydrogen) atoms. The Morgan fingerprint density at radius 1 is 0.947 bits per heavy atom. The summed E-state index contributed by atoms with van der Waals surface area (Å²) < 4.78 is 11.3. The van der Waals surface area contributed by atoms with Crippen LogP contribution in [0.15, 0.2) is 59.4 Å². The van der Waals surface area contributed by atoms with Gasteiger partial charge >= 0.3 is 6.03 Å². The molecule has 4 aliphatic heterocycles. The number of aromatic nitrogens is 1. The number of hydrogen-bond donors (Lipinski definition) is 0. The van der Waals surface area contributed by atoms with E-state index >= 15 is 0 Å². The first kappa shape index (κ1) is 23.5. The Morgan fingerprint density at radius 2 is 1.79 bits per heavy atom. The third-order valence-electron chi connectivity index (χ3n) is 8.82. The largest absolute Gasteiger partial charge is 0.493 e. The molecule has 5 heterocycles. The van der Waals surface area contributed by atoms with E-state index in [-0.39, 0.29) is 12.1 Å². The molecule has 1 atom stereocenters. The Bertz CT molecular complexity index is 1360. The van der Waals surface area contributed by atoms with Crippen molar-refractivity contribution in [2.45, 2.75) is 50.6 Å². The zero-order chi connectivity index (χ0) is 25.5. The van der Waals surface area contributed by atoms with Crippen molar-refractivity contribution in [2.24, 2.45) is 0 Å². The van der Waals surface area contributed by atoms with Crippen molar-refractivity contribution in [1.29, 1.82) is 0 Å². The van der Waals surface area contributed by atoms with Gasteiger partial charge in [-0.15, -0.1) is 0 Å². The van der Waals surface area contributed by atoms with Gasteiger partial charge in [0, 0.05) is 37.3 Å². The topological polar surface area (TPSA) is 62.1 Å². The number of carbonyl (C=O) groups excluding carboxylic acids is 1. The second-order valence-corrected chi connectivity index (χ2v) is 10.9. The Hall–Kier alpha value is -3.58. The molecular weight excluding hydrogens is 476 g/mol. The zero-order valence-corrected chi connectivity index (χ0v) is 21.7. The van der Waals surface area contributed by atoms with E-state index in [1.165, 1.54) is 22.3 Å². The van der Waals surface area contributed by atoms with Gasteiger partial charge in [0.2, 0.25) is 0 Å². The average molecular weight is 511 g/mol. The molecule has 2 amide bonds. The summed E-state index contributed by atoms with van der Waals surface area (Å²) in [5.41, 5.74) is 6.39.